The quantitative estimate of drug-likeness (QED) is 0.758. The molecule has 106 valence electrons. The van der Waals surface area contributed by atoms with Crippen molar-refractivity contribution in [3.63, 3.8) is 0 Å². The Morgan fingerprint density at radius 3 is 2.26 bits per heavy atom. The van der Waals surface area contributed by atoms with E-state index in [2.05, 4.69) is 9.88 Å². The van der Waals surface area contributed by atoms with Crippen LogP contribution in [0.5, 0.6) is 0 Å². The van der Waals surface area contributed by atoms with Gasteiger partial charge in [-0.1, -0.05) is 23.2 Å². The van der Waals surface area contributed by atoms with E-state index in [1.807, 2.05) is 21.0 Å². The van der Waals surface area contributed by atoms with Crippen LogP contribution in [-0.4, -0.2) is 54.4 Å². The lowest BCUT2D eigenvalue weighted by atomic mass is 10.2. The van der Waals surface area contributed by atoms with Crippen molar-refractivity contribution in [3.05, 3.63) is 28.0 Å². The van der Waals surface area contributed by atoms with E-state index in [1.54, 1.807) is 17.0 Å². The molecule has 0 unspecified atom stereocenters. The van der Waals surface area contributed by atoms with Crippen molar-refractivity contribution < 1.29 is 4.79 Å². The molecule has 0 aromatic carbocycles. The molecule has 4 nitrogen and oxygen atoms in total. The van der Waals surface area contributed by atoms with Crippen molar-refractivity contribution in [3.8, 4) is 0 Å². The highest BCUT2D eigenvalue weighted by Gasteiger charge is 2.15. The minimum absolute atomic E-state index is 0.0625. The lowest BCUT2D eigenvalue weighted by Gasteiger charge is -2.22. The van der Waals surface area contributed by atoms with Crippen LogP contribution in [0.4, 0.5) is 0 Å². The number of rotatable bonds is 6. The van der Waals surface area contributed by atoms with Crippen molar-refractivity contribution in [2.45, 2.75) is 13.3 Å². The summed E-state index contributed by atoms with van der Waals surface area (Å²) in [7, 11) is 4.03. The summed E-state index contributed by atoms with van der Waals surface area (Å²) < 4.78 is 0. The number of hydrogen-bond donors (Lipinski definition) is 0. The third-order valence-electron chi connectivity index (χ3n) is 2.71. The summed E-state index contributed by atoms with van der Waals surface area (Å²) in [5.41, 5.74) is 0.483. The van der Waals surface area contributed by atoms with Crippen LogP contribution in [0, 0.1) is 0 Å². The number of halogens is 2. The van der Waals surface area contributed by atoms with Gasteiger partial charge in [-0.2, -0.15) is 0 Å². The predicted molar refractivity (Wildman–Crippen MR) is 79.0 cm³/mol. The zero-order valence-electron chi connectivity index (χ0n) is 11.5. The van der Waals surface area contributed by atoms with E-state index >= 15 is 0 Å². The molecule has 1 aromatic rings. The summed E-state index contributed by atoms with van der Waals surface area (Å²) in [6.07, 6.45) is 0.930. The number of aromatic nitrogens is 1. The number of carbonyl (C=O) groups excluding carboxylic acids is 1. The molecule has 0 spiro atoms. The fourth-order valence-corrected chi connectivity index (χ4v) is 2.21. The maximum Gasteiger partial charge on any atom is 0.254 e. The summed E-state index contributed by atoms with van der Waals surface area (Å²) in [6.45, 7) is 4.27. The molecule has 19 heavy (non-hydrogen) atoms. The maximum atomic E-state index is 12.3. The van der Waals surface area contributed by atoms with Crippen LogP contribution in [-0.2, 0) is 0 Å². The van der Waals surface area contributed by atoms with Crippen molar-refractivity contribution in [2.24, 2.45) is 0 Å². The Bertz CT molecular complexity index is 418. The van der Waals surface area contributed by atoms with Crippen molar-refractivity contribution >= 4 is 29.1 Å². The summed E-state index contributed by atoms with van der Waals surface area (Å²) in [5.74, 6) is -0.0625. The van der Waals surface area contributed by atoms with Gasteiger partial charge in [-0.15, -0.1) is 0 Å². The number of carbonyl (C=O) groups is 1. The van der Waals surface area contributed by atoms with Gasteiger partial charge < -0.3 is 9.80 Å². The fraction of sp³-hybridized carbons (Fsp3) is 0.538. The van der Waals surface area contributed by atoms with Gasteiger partial charge in [0.1, 0.15) is 10.3 Å². The van der Waals surface area contributed by atoms with E-state index in [-0.39, 0.29) is 16.2 Å². The zero-order chi connectivity index (χ0) is 14.4. The van der Waals surface area contributed by atoms with Crippen LogP contribution in [0.2, 0.25) is 10.3 Å². The summed E-state index contributed by atoms with van der Waals surface area (Å²) in [6, 6.07) is 3.09. The van der Waals surface area contributed by atoms with Gasteiger partial charge in [-0.3, -0.25) is 4.79 Å². The van der Waals surface area contributed by atoms with E-state index in [0.29, 0.717) is 18.7 Å². The minimum atomic E-state index is -0.0625. The topological polar surface area (TPSA) is 36.4 Å². The third kappa shape index (κ3) is 5.35. The van der Waals surface area contributed by atoms with Gasteiger partial charge in [0.15, 0.2) is 0 Å². The van der Waals surface area contributed by atoms with Crippen LogP contribution in [0.3, 0.4) is 0 Å². The predicted octanol–water partition coefficient (Wildman–Crippen LogP) is 2.80. The average molecular weight is 304 g/mol. The van der Waals surface area contributed by atoms with Gasteiger partial charge in [0.05, 0.1) is 0 Å². The van der Waals surface area contributed by atoms with Gasteiger partial charge >= 0.3 is 0 Å². The van der Waals surface area contributed by atoms with Crippen molar-refractivity contribution in [1.29, 1.82) is 0 Å². The van der Waals surface area contributed by atoms with Gasteiger partial charge in [-0.25, -0.2) is 4.98 Å². The molecule has 0 bridgehead atoms. The normalized spacial score (nSPS) is 10.8. The molecular weight excluding hydrogens is 285 g/mol. The first-order chi connectivity index (χ1) is 8.93. The Hall–Kier alpha value is -0.840. The Balaban J connectivity index is 2.72. The molecule has 0 radical (unpaired) electrons. The molecule has 0 saturated heterocycles. The van der Waals surface area contributed by atoms with Gasteiger partial charge in [-0.05, 0) is 46.1 Å². The van der Waals surface area contributed by atoms with Crippen LogP contribution in [0.25, 0.3) is 0 Å². The molecule has 0 aliphatic heterocycles. The average Bonchev–Trinajstić information content (AvgIpc) is 2.32. The highest BCUT2D eigenvalue weighted by molar-refractivity contribution is 6.33. The second kappa shape index (κ2) is 7.68. The van der Waals surface area contributed by atoms with E-state index in [1.165, 1.54) is 0 Å². The smallest absolute Gasteiger partial charge is 0.254 e. The second-order valence-corrected chi connectivity index (χ2v) is 5.32. The number of amides is 1. The molecule has 0 N–H and O–H groups in total. The molecule has 0 aliphatic rings. The highest BCUT2D eigenvalue weighted by atomic mass is 35.5. The lowest BCUT2D eigenvalue weighted by Crippen LogP contribution is -2.33. The first-order valence-corrected chi connectivity index (χ1v) is 6.96. The molecule has 0 saturated carbocycles. The number of hydrogen-bond acceptors (Lipinski definition) is 3. The Morgan fingerprint density at radius 1 is 1.21 bits per heavy atom. The Kier molecular flexibility index (Phi) is 6.55. The van der Waals surface area contributed by atoms with E-state index in [4.69, 9.17) is 23.2 Å². The molecule has 1 heterocycles. The SMILES string of the molecule is CCN(CCCN(C)C)C(=O)c1cc(Cl)nc(Cl)c1. The molecule has 6 heteroatoms. The van der Waals surface area contributed by atoms with E-state index < -0.39 is 0 Å². The number of nitrogens with zero attached hydrogens (tertiary/aromatic N) is 3. The fourth-order valence-electron chi connectivity index (χ4n) is 1.75. The Labute approximate surface area is 124 Å². The highest BCUT2D eigenvalue weighted by Crippen LogP contribution is 2.16. The van der Waals surface area contributed by atoms with Crippen molar-refractivity contribution in [2.75, 3.05) is 33.7 Å². The first-order valence-electron chi connectivity index (χ1n) is 6.21. The van der Waals surface area contributed by atoms with Crippen LogP contribution in [0.15, 0.2) is 12.1 Å². The lowest BCUT2D eigenvalue weighted by molar-refractivity contribution is 0.0759. The standard InChI is InChI=1S/C13H19Cl2N3O/c1-4-18(7-5-6-17(2)3)13(19)10-8-11(14)16-12(15)9-10/h8-9H,4-7H2,1-3H3. The largest absolute Gasteiger partial charge is 0.339 e. The Morgan fingerprint density at radius 2 is 1.79 bits per heavy atom. The molecule has 0 atom stereocenters. The second-order valence-electron chi connectivity index (χ2n) is 4.54. The zero-order valence-corrected chi connectivity index (χ0v) is 13.0. The first kappa shape index (κ1) is 16.2. The molecule has 1 aromatic heterocycles. The summed E-state index contributed by atoms with van der Waals surface area (Å²) in [4.78, 5) is 20.0. The van der Waals surface area contributed by atoms with Crippen LogP contribution < -0.4 is 0 Å². The summed E-state index contributed by atoms with van der Waals surface area (Å²) >= 11 is 11.6. The summed E-state index contributed by atoms with van der Waals surface area (Å²) in [5, 5.41) is 0.473. The van der Waals surface area contributed by atoms with E-state index in [0.717, 1.165) is 13.0 Å². The van der Waals surface area contributed by atoms with Crippen LogP contribution >= 0.6 is 23.2 Å². The van der Waals surface area contributed by atoms with Gasteiger partial charge in [0.25, 0.3) is 5.91 Å². The molecule has 0 fully saturated rings. The molecular formula is C13H19Cl2N3O. The molecule has 1 rings (SSSR count). The maximum absolute atomic E-state index is 12.3. The molecule has 1 amide bonds. The monoisotopic (exact) mass is 303 g/mol. The molecule has 0 aliphatic carbocycles. The minimum Gasteiger partial charge on any atom is -0.339 e. The third-order valence-corrected chi connectivity index (χ3v) is 3.10. The van der Waals surface area contributed by atoms with Crippen LogP contribution in [0.1, 0.15) is 23.7 Å². The van der Waals surface area contributed by atoms with Gasteiger partial charge in [0, 0.05) is 18.7 Å². The van der Waals surface area contributed by atoms with Crippen molar-refractivity contribution in [1.82, 2.24) is 14.8 Å². The van der Waals surface area contributed by atoms with E-state index in [9.17, 15) is 4.79 Å². The number of pyridine rings is 1. The van der Waals surface area contributed by atoms with Gasteiger partial charge in [0.2, 0.25) is 0 Å².